The Morgan fingerprint density at radius 3 is 1.21 bits per heavy atom. The number of aryl methyl sites for hydroxylation is 3. The molecule has 71 heavy (non-hydrogen) atoms. The lowest BCUT2D eigenvalue weighted by atomic mass is 10.0. The third-order valence-corrected chi connectivity index (χ3v) is 13.8. The Morgan fingerprint density at radius 1 is 0.507 bits per heavy atom. The smallest absolute Gasteiger partial charge is 0.355 e. The van der Waals surface area contributed by atoms with Crippen LogP contribution in [-0.4, -0.2) is 54.4 Å². The van der Waals surface area contributed by atoms with E-state index in [0.717, 1.165) is 57.1 Å². The van der Waals surface area contributed by atoms with Gasteiger partial charge >= 0.3 is 17.9 Å². The van der Waals surface area contributed by atoms with E-state index in [9.17, 15) is 27.6 Å². The van der Waals surface area contributed by atoms with E-state index >= 15 is 0 Å². The third kappa shape index (κ3) is 32.2. The summed E-state index contributed by atoms with van der Waals surface area (Å²) in [5.41, 5.74) is 1.72. The van der Waals surface area contributed by atoms with E-state index in [1.165, 1.54) is 192 Å². The number of aromatic carboxylic acids is 3. The standard InChI is InChI=1S/C21H36FNO2.C19H31F2NO2.C18H30ClNO2/c1-2-3-4-5-6-7-8-9-10-11-12-13-14-15-16-18-17-23-20(19(18)22)21(24)25;20-14-12-10-8-6-4-2-1-3-5-7-9-11-13-16-15-17(21)18(22-16)19(23)24;1-3-4-5-6-7-8-9-10-11-12-13-15-14-16(19)17(18(21)22)20(15)2/h17,23H,2-16H2,1H3,(H,24,25);15,22H,1-14H2,(H,23,24);14H,3-13H2,1-2H3,(H,21,22). The van der Waals surface area contributed by atoms with Gasteiger partial charge < -0.3 is 29.9 Å². The van der Waals surface area contributed by atoms with Crippen molar-refractivity contribution >= 4 is 29.5 Å². The van der Waals surface area contributed by atoms with Crippen LogP contribution in [0.2, 0.25) is 5.02 Å². The molecule has 0 amide bonds. The second-order valence-electron chi connectivity index (χ2n) is 19.8. The molecule has 13 heteroatoms. The molecular formula is C58H97ClF3N3O6. The van der Waals surface area contributed by atoms with Gasteiger partial charge in [0, 0.05) is 30.2 Å². The molecule has 3 aromatic heterocycles. The highest BCUT2D eigenvalue weighted by Gasteiger charge is 2.18. The van der Waals surface area contributed by atoms with Crippen LogP contribution in [0.15, 0.2) is 18.3 Å². The van der Waals surface area contributed by atoms with Crippen LogP contribution in [0.1, 0.15) is 293 Å². The summed E-state index contributed by atoms with van der Waals surface area (Å²) in [6.07, 6.45) is 48.6. The molecule has 0 spiro atoms. The number of hydrogen-bond donors (Lipinski definition) is 5. The number of alkyl halides is 1. The molecule has 408 valence electrons. The SMILES string of the molecule is CCCCCCCCCCCCCCCCc1c[nH]c(C(=O)O)c1F.CCCCCCCCCCCCc1cc(Cl)c(C(=O)O)n1C.O=C(O)c1[nH]c(CCCCCCCCCCCCCCF)cc1F. The summed E-state index contributed by atoms with van der Waals surface area (Å²) in [4.78, 5) is 37.7. The zero-order valence-corrected chi connectivity index (χ0v) is 45.3. The maximum atomic E-state index is 13.7. The van der Waals surface area contributed by atoms with Gasteiger partial charge in [-0.3, -0.25) is 4.39 Å². The summed E-state index contributed by atoms with van der Waals surface area (Å²) in [5.74, 6) is -4.71. The van der Waals surface area contributed by atoms with E-state index in [4.69, 9.17) is 26.9 Å². The largest absolute Gasteiger partial charge is 0.477 e. The Morgan fingerprint density at radius 2 is 0.873 bits per heavy atom. The Kier molecular flexibility index (Phi) is 40.4. The number of nitrogens with one attached hydrogen (secondary N) is 2. The summed E-state index contributed by atoms with van der Waals surface area (Å²) in [7, 11) is 1.78. The van der Waals surface area contributed by atoms with Crippen molar-refractivity contribution in [3.8, 4) is 0 Å². The highest BCUT2D eigenvalue weighted by atomic mass is 35.5. The topological polar surface area (TPSA) is 148 Å². The molecule has 0 aromatic carbocycles. The molecule has 3 heterocycles. The first-order valence-corrected chi connectivity index (χ1v) is 28.6. The summed E-state index contributed by atoms with van der Waals surface area (Å²) >= 11 is 5.98. The molecule has 5 N–H and O–H groups in total. The molecule has 0 bridgehead atoms. The van der Waals surface area contributed by atoms with Crippen molar-refractivity contribution in [3.05, 3.63) is 69.0 Å². The van der Waals surface area contributed by atoms with Gasteiger partial charge in [-0.2, -0.15) is 0 Å². The lowest BCUT2D eigenvalue weighted by Crippen LogP contribution is -2.07. The molecule has 3 aromatic rings. The predicted octanol–water partition coefficient (Wildman–Crippen LogP) is 18.8. The van der Waals surface area contributed by atoms with Crippen LogP contribution in [0, 0.1) is 11.6 Å². The Balaban J connectivity index is 0.000000534. The molecule has 0 saturated carbocycles. The predicted molar refractivity (Wildman–Crippen MR) is 287 cm³/mol. The lowest BCUT2D eigenvalue weighted by molar-refractivity contribution is 0.0675. The maximum Gasteiger partial charge on any atom is 0.355 e. The lowest BCUT2D eigenvalue weighted by Gasteiger charge is -2.05. The van der Waals surface area contributed by atoms with Gasteiger partial charge in [0.05, 0.1) is 11.7 Å². The number of aromatic nitrogens is 3. The number of aromatic amines is 2. The Hall–Kier alpha value is -3.67. The first-order chi connectivity index (χ1) is 34.4. The molecule has 0 fully saturated rings. The molecule has 0 radical (unpaired) electrons. The second-order valence-corrected chi connectivity index (χ2v) is 20.2. The molecule has 0 aliphatic rings. The summed E-state index contributed by atoms with van der Waals surface area (Å²) in [6.45, 7) is 4.33. The van der Waals surface area contributed by atoms with Crippen LogP contribution in [0.25, 0.3) is 0 Å². The van der Waals surface area contributed by atoms with Crippen molar-refractivity contribution in [2.24, 2.45) is 7.05 Å². The number of halogens is 4. The average Bonchev–Trinajstić information content (AvgIpc) is 4.00. The van der Waals surface area contributed by atoms with Crippen LogP contribution < -0.4 is 0 Å². The first-order valence-electron chi connectivity index (χ1n) is 28.2. The number of unbranched alkanes of at least 4 members (excludes halogenated alkanes) is 33. The highest BCUT2D eigenvalue weighted by Crippen LogP contribution is 2.23. The van der Waals surface area contributed by atoms with Crippen LogP contribution in [0.5, 0.6) is 0 Å². The summed E-state index contributed by atoms with van der Waals surface area (Å²) in [5, 5.41) is 27.0. The number of H-pyrrole nitrogens is 2. The molecule has 0 unspecified atom stereocenters. The number of hydrogen-bond acceptors (Lipinski definition) is 3. The van der Waals surface area contributed by atoms with E-state index < -0.39 is 29.5 Å². The van der Waals surface area contributed by atoms with Gasteiger partial charge in [-0.25, -0.2) is 23.2 Å². The third-order valence-electron chi connectivity index (χ3n) is 13.5. The van der Waals surface area contributed by atoms with Crippen LogP contribution in [0.4, 0.5) is 13.2 Å². The second kappa shape index (κ2) is 43.9. The van der Waals surface area contributed by atoms with Gasteiger partial charge in [0.25, 0.3) is 0 Å². The van der Waals surface area contributed by atoms with Crippen molar-refractivity contribution in [2.75, 3.05) is 6.67 Å². The van der Waals surface area contributed by atoms with Gasteiger partial charge in [-0.15, -0.1) is 0 Å². The molecule has 9 nitrogen and oxygen atoms in total. The molecule has 0 aliphatic heterocycles. The molecule has 0 aliphatic carbocycles. The van der Waals surface area contributed by atoms with Crippen LogP contribution in [0.3, 0.4) is 0 Å². The number of rotatable bonds is 43. The highest BCUT2D eigenvalue weighted by molar-refractivity contribution is 6.33. The van der Waals surface area contributed by atoms with Crippen molar-refractivity contribution in [1.82, 2.24) is 14.5 Å². The maximum absolute atomic E-state index is 13.7. The van der Waals surface area contributed by atoms with E-state index in [1.54, 1.807) is 17.7 Å². The van der Waals surface area contributed by atoms with E-state index in [0.29, 0.717) is 35.5 Å². The fraction of sp³-hybridized carbons (Fsp3) is 0.741. The zero-order valence-electron chi connectivity index (χ0n) is 44.5. The molecule has 3 rings (SSSR count). The quantitative estimate of drug-likeness (QED) is 0.0357. The number of carboxylic acids is 3. The average molecular weight is 1020 g/mol. The monoisotopic (exact) mass is 1020 g/mol. The van der Waals surface area contributed by atoms with Crippen LogP contribution in [-0.2, 0) is 26.3 Å². The van der Waals surface area contributed by atoms with Gasteiger partial charge in [-0.1, -0.05) is 231 Å². The minimum Gasteiger partial charge on any atom is -0.477 e. The van der Waals surface area contributed by atoms with Crippen molar-refractivity contribution in [1.29, 1.82) is 0 Å². The molecular weight excluding hydrogens is 927 g/mol. The van der Waals surface area contributed by atoms with Crippen molar-refractivity contribution in [2.45, 2.75) is 264 Å². The Bertz CT molecular complexity index is 1790. The van der Waals surface area contributed by atoms with Gasteiger partial charge in [-0.05, 0) is 57.1 Å². The first kappa shape index (κ1) is 65.3. The minimum absolute atomic E-state index is 0.181. The van der Waals surface area contributed by atoms with E-state index in [1.807, 2.05) is 0 Å². The molecule has 0 saturated heterocycles. The number of nitrogens with zero attached hydrogens (tertiary/aromatic N) is 1. The minimum atomic E-state index is -1.25. The van der Waals surface area contributed by atoms with Crippen molar-refractivity contribution < 1.29 is 42.9 Å². The fourth-order valence-corrected chi connectivity index (χ4v) is 9.47. The number of carboxylic acid groups (broad SMARTS) is 3. The van der Waals surface area contributed by atoms with Gasteiger partial charge in [0.15, 0.2) is 23.0 Å². The van der Waals surface area contributed by atoms with E-state index in [-0.39, 0.29) is 23.8 Å². The summed E-state index contributed by atoms with van der Waals surface area (Å²) < 4.78 is 40.6. The molecule has 0 atom stereocenters. The number of carbonyl (C=O) groups is 3. The summed E-state index contributed by atoms with van der Waals surface area (Å²) in [6, 6.07) is 3.08. The Labute approximate surface area is 432 Å². The fourth-order valence-electron chi connectivity index (χ4n) is 9.14. The van der Waals surface area contributed by atoms with Gasteiger partial charge in [0.1, 0.15) is 5.69 Å². The van der Waals surface area contributed by atoms with Gasteiger partial charge in [0.2, 0.25) is 0 Å². The van der Waals surface area contributed by atoms with E-state index in [2.05, 4.69) is 23.8 Å². The zero-order chi connectivity index (χ0) is 52.3. The normalized spacial score (nSPS) is 11.1. The van der Waals surface area contributed by atoms with Crippen LogP contribution >= 0.6 is 11.6 Å². The van der Waals surface area contributed by atoms with Crippen molar-refractivity contribution in [3.63, 3.8) is 0 Å².